The van der Waals surface area contributed by atoms with E-state index in [0.717, 1.165) is 16.5 Å². The van der Waals surface area contributed by atoms with E-state index >= 15 is 0 Å². The molecule has 1 aromatic carbocycles. The minimum Gasteiger partial charge on any atom is -0.464 e. The number of para-hydroxylation sites is 1. The molecule has 92 valence electrons. The lowest BCUT2D eigenvalue weighted by atomic mass is 10.2. The Kier molecular flexibility index (Phi) is 2.55. The van der Waals surface area contributed by atoms with Gasteiger partial charge in [0.25, 0.3) is 0 Å². The van der Waals surface area contributed by atoms with Gasteiger partial charge in [-0.2, -0.15) is 0 Å². The Morgan fingerprint density at radius 2 is 2.17 bits per heavy atom. The van der Waals surface area contributed by atoms with Gasteiger partial charge in [0, 0.05) is 24.1 Å². The first kappa shape index (κ1) is 10.9. The van der Waals surface area contributed by atoms with Crippen LogP contribution in [0.15, 0.2) is 41.1 Å². The summed E-state index contributed by atoms with van der Waals surface area (Å²) in [5, 5.41) is 1.13. The Labute approximate surface area is 105 Å². The van der Waals surface area contributed by atoms with Gasteiger partial charge in [-0.05, 0) is 13.0 Å². The maximum absolute atomic E-state index is 5.58. The second-order valence-corrected chi connectivity index (χ2v) is 4.09. The smallest absolute Gasteiger partial charge is 0.305 e. The van der Waals surface area contributed by atoms with E-state index in [1.54, 1.807) is 6.20 Å². The summed E-state index contributed by atoms with van der Waals surface area (Å²) in [6, 6.07) is 8.17. The summed E-state index contributed by atoms with van der Waals surface area (Å²) < 4.78 is 12.9. The van der Waals surface area contributed by atoms with Gasteiger partial charge < -0.3 is 13.7 Å². The van der Waals surface area contributed by atoms with Crippen LogP contribution in [0.25, 0.3) is 22.4 Å². The van der Waals surface area contributed by atoms with E-state index in [1.165, 1.54) is 0 Å². The monoisotopic (exact) mass is 242 g/mol. The number of benzene rings is 1. The lowest BCUT2D eigenvalue weighted by Gasteiger charge is -1.95. The van der Waals surface area contributed by atoms with Crippen molar-refractivity contribution >= 4 is 10.9 Å². The zero-order valence-electron chi connectivity index (χ0n) is 10.4. The van der Waals surface area contributed by atoms with Gasteiger partial charge >= 0.3 is 5.95 Å². The number of aryl methyl sites for hydroxylation is 1. The Balaban J connectivity index is 2.13. The second kappa shape index (κ2) is 4.22. The highest BCUT2D eigenvalue weighted by Gasteiger charge is 2.13. The highest BCUT2D eigenvalue weighted by atomic mass is 16.6. The number of hydrogen-bond acceptors (Lipinski definition) is 3. The van der Waals surface area contributed by atoms with Gasteiger partial charge in [0.15, 0.2) is 0 Å². The van der Waals surface area contributed by atoms with Crippen LogP contribution in [0.5, 0.6) is 5.95 Å². The van der Waals surface area contributed by atoms with E-state index in [2.05, 4.69) is 21.7 Å². The van der Waals surface area contributed by atoms with Crippen molar-refractivity contribution in [3.63, 3.8) is 0 Å². The summed E-state index contributed by atoms with van der Waals surface area (Å²) in [4.78, 5) is 4.26. The molecule has 0 aliphatic rings. The molecule has 0 radical (unpaired) electrons. The summed E-state index contributed by atoms with van der Waals surface area (Å²) in [6.45, 7) is 2.49. The molecule has 0 fully saturated rings. The van der Waals surface area contributed by atoms with Crippen LogP contribution in [0.1, 0.15) is 6.92 Å². The number of rotatable bonds is 3. The van der Waals surface area contributed by atoms with Crippen molar-refractivity contribution in [2.45, 2.75) is 6.92 Å². The molecular weight excluding hydrogens is 228 g/mol. The molecule has 0 aliphatic carbocycles. The number of oxazole rings is 1. The number of fused-ring (bicyclic) bond motifs is 1. The van der Waals surface area contributed by atoms with E-state index in [-0.39, 0.29) is 0 Å². The Morgan fingerprint density at radius 3 is 3.00 bits per heavy atom. The summed E-state index contributed by atoms with van der Waals surface area (Å²) in [5.41, 5.74) is 2.14. The maximum Gasteiger partial charge on any atom is 0.305 e. The van der Waals surface area contributed by atoms with Crippen LogP contribution in [-0.4, -0.2) is 16.2 Å². The molecule has 4 nitrogen and oxygen atoms in total. The molecular formula is C14H14N2O2. The first-order valence-corrected chi connectivity index (χ1v) is 5.92. The van der Waals surface area contributed by atoms with Gasteiger partial charge in [0.05, 0.1) is 12.2 Å². The third kappa shape index (κ3) is 1.66. The third-order valence-corrected chi connectivity index (χ3v) is 2.90. The minimum atomic E-state index is 0.459. The summed E-state index contributed by atoms with van der Waals surface area (Å²) >= 11 is 0. The molecule has 0 atom stereocenters. The SMILES string of the molecule is CCOc1cnc(-c2cn(C)c3ccccc23)o1. The molecule has 0 aliphatic heterocycles. The van der Waals surface area contributed by atoms with E-state index < -0.39 is 0 Å². The maximum atomic E-state index is 5.58. The van der Waals surface area contributed by atoms with Crippen molar-refractivity contribution in [3.05, 3.63) is 36.7 Å². The standard InChI is InChI=1S/C14H14N2O2/c1-3-17-13-8-15-14(18-13)11-9-16(2)12-7-5-4-6-10(11)12/h4-9H,3H2,1-2H3. The molecule has 0 amide bonds. The van der Waals surface area contributed by atoms with Crippen LogP contribution >= 0.6 is 0 Å². The molecule has 4 heteroatoms. The molecule has 18 heavy (non-hydrogen) atoms. The normalized spacial score (nSPS) is 11.0. The molecule has 0 saturated carbocycles. The van der Waals surface area contributed by atoms with Crippen molar-refractivity contribution in [3.8, 4) is 17.4 Å². The van der Waals surface area contributed by atoms with Crippen molar-refractivity contribution in [1.29, 1.82) is 0 Å². The van der Waals surface area contributed by atoms with Crippen molar-refractivity contribution in [2.24, 2.45) is 7.05 Å². The zero-order chi connectivity index (χ0) is 12.5. The van der Waals surface area contributed by atoms with E-state index in [4.69, 9.17) is 9.15 Å². The largest absolute Gasteiger partial charge is 0.464 e. The fourth-order valence-corrected chi connectivity index (χ4v) is 2.10. The summed E-state index contributed by atoms with van der Waals surface area (Å²) in [6.07, 6.45) is 3.63. The van der Waals surface area contributed by atoms with Crippen molar-refractivity contribution in [1.82, 2.24) is 9.55 Å². The topological polar surface area (TPSA) is 40.2 Å². The first-order valence-electron chi connectivity index (χ1n) is 5.92. The molecule has 0 N–H and O–H groups in total. The molecule has 3 rings (SSSR count). The van der Waals surface area contributed by atoms with Gasteiger partial charge in [-0.25, -0.2) is 4.98 Å². The van der Waals surface area contributed by atoms with E-state index in [0.29, 0.717) is 18.4 Å². The van der Waals surface area contributed by atoms with Crippen LogP contribution < -0.4 is 4.74 Å². The quantitative estimate of drug-likeness (QED) is 0.708. The summed E-state index contributed by atoms with van der Waals surface area (Å²) in [7, 11) is 2.01. The molecule has 0 bridgehead atoms. The lowest BCUT2D eigenvalue weighted by Crippen LogP contribution is -1.87. The molecule has 3 aromatic rings. The minimum absolute atomic E-state index is 0.459. The molecule has 0 spiro atoms. The number of nitrogens with zero attached hydrogens (tertiary/aromatic N) is 2. The summed E-state index contributed by atoms with van der Waals surface area (Å²) in [5.74, 6) is 1.05. The predicted molar refractivity (Wildman–Crippen MR) is 69.6 cm³/mol. The Bertz CT molecular complexity index is 682. The molecule has 2 aromatic heterocycles. The number of hydrogen-bond donors (Lipinski definition) is 0. The molecule has 0 unspecified atom stereocenters. The van der Waals surface area contributed by atoms with E-state index in [9.17, 15) is 0 Å². The Morgan fingerprint density at radius 1 is 1.33 bits per heavy atom. The molecule has 0 saturated heterocycles. The lowest BCUT2D eigenvalue weighted by molar-refractivity contribution is 0.260. The van der Waals surface area contributed by atoms with Crippen molar-refractivity contribution < 1.29 is 9.15 Å². The van der Waals surface area contributed by atoms with Gasteiger partial charge in [-0.1, -0.05) is 18.2 Å². The Hall–Kier alpha value is -2.23. The van der Waals surface area contributed by atoms with Crippen molar-refractivity contribution in [2.75, 3.05) is 6.61 Å². The van der Waals surface area contributed by atoms with Gasteiger partial charge in [-0.3, -0.25) is 0 Å². The van der Waals surface area contributed by atoms with Gasteiger partial charge in [-0.15, -0.1) is 0 Å². The van der Waals surface area contributed by atoms with Crippen LogP contribution in [0.4, 0.5) is 0 Å². The average Bonchev–Trinajstić information content (AvgIpc) is 2.96. The number of ether oxygens (including phenoxy) is 1. The highest BCUT2D eigenvalue weighted by Crippen LogP contribution is 2.31. The number of aromatic nitrogens is 2. The van der Waals surface area contributed by atoms with Crippen LogP contribution in [0.3, 0.4) is 0 Å². The van der Waals surface area contributed by atoms with Crippen LogP contribution in [0.2, 0.25) is 0 Å². The third-order valence-electron chi connectivity index (χ3n) is 2.90. The van der Waals surface area contributed by atoms with Gasteiger partial charge in [0.1, 0.15) is 6.20 Å². The average molecular weight is 242 g/mol. The first-order chi connectivity index (χ1) is 8.79. The fraction of sp³-hybridized carbons (Fsp3) is 0.214. The molecule has 2 heterocycles. The van der Waals surface area contributed by atoms with Crippen LogP contribution in [0, 0.1) is 0 Å². The predicted octanol–water partition coefficient (Wildman–Crippen LogP) is 3.23. The second-order valence-electron chi connectivity index (χ2n) is 4.09. The van der Waals surface area contributed by atoms with E-state index in [1.807, 2.05) is 32.3 Å². The van der Waals surface area contributed by atoms with Crippen LogP contribution in [-0.2, 0) is 7.05 Å². The zero-order valence-corrected chi connectivity index (χ0v) is 10.4. The fourth-order valence-electron chi connectivity index (χ4n) is 2.10. The van der Waals surface area contributed by atoms with Gasteiger partial charge in [0.2, 0.25) is 5.89 Å². The highest BCUT2D eigenvalue weighted by molar-refractivity contribution is 5.93.